The number of benzene rings is 1. The summed E-state index contributed by atoms with van der Waals surface area (Å²) in [5.41, 5.74) is 4.32. The summed E-state index contributed by atoms with van der Waals surface area (Å²) in [4.78, 5) is 21.1. The molecule has 0 atom stereocenters. The van der Waals surface area contributed by atoms with Gasteiger partial charge in [-0.3, -0.25) is 4.79 Å². The molecule has 0 radical (unpaired) electrons. The Labute approximate surface area is 197 Å². The highest BCUT2D eigenvalue weighted by molar-refractivity contribution is 5.88. The number of piperidine rings is 1. The Morgan fingerprint density at radius 1 is 1.09 bits per heavy atom. The van der Waals surface area contributed by atoms with Gasteiger partial charge in [0, 0.05) is 46.5 Å². The molecule has 1 aliphatic carbocycles. The van der Waals surface area contributed by atoms with E-state index in [0.717, 1.165) is 73.7 Å². The smallest absolute Gasteiger partial charge is 0.269 e. The summed E-state index contributed by atoms with van der Waals surface area (Å²) < 4.78 is 1.83. The van der Waals surface area contributed by atoms with Crippen molar-refractivity contribution in [1.29, 1.82) is 5.26 Å². The number of pyridine rings is 2. The second-order valence-electron chi connectivity index (χ2n) is 9.57. The normalized spacial score (nSPS) is 17.4. The van der Waals surface area contributed by atoms with Gasteiger partial charge in [0.2, 0.25) is 0 Å². The highest BCUT2D eigenvalue weighted by atomic mass is 16.1. The Kier molecular flexibility index (Phi) is 5.31. The molecule has 0 unspecified atom stereocenters. The van der Waals surface area contributed by atoms with Crippen LogP contribution in [0.4, 0.5) is 11.5 Å². The van der Waals surface area contributed by atoms with Gasteiger partial charge in [0.15, 0.2) is 0 Å². The first-order chi connectivity index (χ1) is 16.7. The Bertz CT molecular complexity index is 1460. The fraction of sp³-hybridized carbons (Fsp3) is 0.370. The van der Waals surface area contributed by atoms with Crippen molar-refractivity contribution in [3.05, 3.63) is 64.2 Å². The third-order valence-corrected chi connectivity index (χ3v) is 7.50. The zero-order valence-corrected chi connectivity index (χ0v) is 19.1. The minimum Gasteiger partial charge on any atom is -0.361 e. The van der Waals surface area contributed by atoms with E-state index in [9.17, 15) is 10.1 Å². The van der Waals surface area contributed by atoms with E-state index in [0.29, 0.717) is 11.7 Å². The number of anilines is 2. The van der Waals surface area contributed by atoms with Crippen molar-refractivity contribution < 1.29 is 0 Å². The van der Waals surface area contributed by atoms with Crippen LogP contribution in [0.15, 0.2) is 47.5 Å². The summed E-state index contributed by atoms with van der Waals surface area (Å²) >= 11 is 0. The minimum atomic E-state index is -0.195. The number of H-pyrrole nitrogens is 1. The molecule has 7 heteroatoms. The number of fused-ring (bicyclic) bond motifs is 2. The van der Waals surface area contributed by atoms with Crippen molar-refractivity contribution in [3.8, 4) is 6.07 Å². The molecule has 0 spiro atoms. The van der Waals surface area contributed by atoms with Gasteiger partial charge in [-0.2, -0.15) is 5.26 Å². The van der Waals surface area contributed by atoms with Gasteiger partial charge in [0.05, 0.1) is 5.52 Å². The molecule has 1 saturated heterocycles. The molecular weight excluding hydrogens is 424 g/mol. The summed E-state index contributed by atoms with van der Waals surface area (Å²) in [6.07, 6.45) is 10.4. The molecule has 2 fully saturated rings. The van der Waals surface area contributed by atoms with Crippen LogP contribution in [-0.2, 0) is 0 Å². The molecule has 3 N–H and O–H groups in total. The maximum absolute atomic E-state index is 13.1. The Hall–Kier alpha value is -3.63. The number of nitrogens with one attached hydrogen (secondary N) is 3. The summed E-state index contributed by atoms with van der Waals surface area (Å²) in [6.45, 7) is 2.12. The molecule has 7 nitrogen and oxygen atoms in total. The fourth-order valence-corrected chi connectivity index (χ4v) is 5.74. The first-order valence-electron chi connectivity index (χ1n) is 12.3. The quantitative estimate of drug-likeness (QED) is 0.401. The summed E-state index contributed by atoms with van der Waals surface area (Å²) in [7, 11) is 0. The number of aromatic nitrogens is 3. The van der Waals surface area contributed by atoms with Crippen LogP contribution in [0.2, 0.25) is 0 Å². The molecule has 3 aromatic heterocycles. The van der Waals surface area contributed by atoms with E-state index in [-0.39, 0.29) is 17.2 Å². The van der Waals surface area contributed by atoms with Gasteiger partial charge in [0.25, 0.3) is 5.56 Å². The standard InChI is InChI=1S/C27H28N6O/c28-14-18-11-19-15-31-26(13-25(19)33(27(18)34)21-3-1-2-4-21)32-20-5-6-24-22(12-20)23(16-30-24)17-7-9-29-10-8-17/h5-6,11-13,15-17,21,29-30H,1-4,7-10H2,(H,31,32). The fourth-order valence-electron chi connectivity index (χ4n) is 5.74. The highest BCUT2D eigenvalue weighted by Gasteiger charge is 2.22. The number of nitriles is 1. The number of hydrogen-bond donors (Lipinski definition) is 3. The van der Waals surface area contributed by atoms with Crippen LogP contribution >= 0.6 is 0 Å². The second-order valence-corrected chi connectivity index (χ2v) is 9.57. The lowest BCUT2D eigenvalue weighted by Crippen LogP contribution is -2.26. The molecule has 1 aromatic carbocycles. The molecule has 0 bridgehead atoms. The first kappa shape index (κ1) is 20.9. The molecule has 2 aliphatic rings. The molecule has 0 amide bonds. The van der Waals surface area contributed by atoms with Crippen LogP contribution in [0.1, 0.15) is 61.6 Å². The van der Waals surface area contributed by atoms with Crippen LogP contribution in [0.25, 0.3) is 21.8 Å². The van der Waals surface area contributed by atoms with Crippen LogP contribution in [0, 0.1) is 11.3 Å². The topological polar surface area (TPSA) is 98.5 Å². The minimum absolute atomic E-state index is 0.141. The van der Waals surface area contributed by atoms with Crippen molar-refractivity contribution in [2.75, 3.05) is 18.4 Å². The number of nitrogens with zero attached hydrogens (tertiary/aromatic N) is 3. The predicted molar refractivity (Wildman–Crippen MR) is 135 cm³/mol. The molecule has 4 heterocycles. The van der Waals surface area contributed by atoms with E-state index in [1.54, 1.807) is 12.3 Å². The largest absolute Gasteiger partial charge is 0.361 e. The van der Waals surface area contributed by atoms with Crippen LogP contribution < -0.4 is 16.2 Å². The van der Waals surface area contributed by atoms with Crippen LogP contribution in [0.3, 0.4) is 0 Å². The van der Waals surface area contributed by atoms with Crippen molar-refractivity contribution >= 4 is 33.3 Å². The molecular formula is C27H28N6O. The monoisotopic (exact) mass is 452 g/mol. The Morgan fingerprint density at radius 2 is 1.91 bits per heavy atom. The molecule has 1 saturated carbocycles. The summed E-state index contributed by atoms with van der Waals surface area (Å²) in [6, 6.07) is 12.2. The maximum atomic E-state index is 13.1. The predicted octanol–water partition coefficient (Wildman–Crippen LogP) is 5.08. The van der Waals surface area contributed by atoms with Crippen molar-refractivity contribution in [2.24, 2.45) is 0 Å². The van der Waals surface area contributed by atoms with E-state index >= 15 is 0 Å². The third kappa shape index (κ3) is 3.64. The highest BCUT2D eigenvalue weighted by Crippen LogP contribution is 2.34. The SMILES string of the molecule is N#Cc1cc2cnc(Nc3ccc4[nH]cc(C5CCNCC5)c4c3)cc2n(C2CCCC2)c1=O. The third-order valence-electron chi connectivity index (χ3n) is 7.50. The van der Waals surface area contributed by atoms with Crippen LogP contribution in [0.5, 0.6) is 0 Å². The van der Waals surface area contributed by atoms with E-state index in [4.69, 9.17) is 0 Å². The Balaban J connectivity index is 1.38. The lowest BCUT2D eigenvalue weighted by atomic mass is 9.90. The zero-order valence-electron chi connectivity index (χ0n) is 19.1. The lowest BCUT2D eigenvalue weighted by Gasteiger charge is -2.22. The number of aromatic amines is 1. The number of hydrogen-bond acceptors (Lipinski definition) is 5. The van der Waals surface area contributed by atoms with Crippen LogP contribution in [-0.4, -0.2) is 27.6 Å². The number of rotatable bonds is 4. The molecule has 6 rings (SSSR count). The summed E-state index contributed by atoms with van der Waals surface area (Å²) in [5.74, 6) is 1.26. The van der Waals surface area contributed by atoms with E-state index in [1.165, 1.54) is 10.9 Å². The zero-order chi connectivity index (χ0) is 23.1. The Morgan fingerprint density at radius 3 is 2.71 bits per heavy atom. The van der Waals surface area contributed by atoms with Gasteiger partial charge in [-0.1, -0.05) is 12.8 Å². The van der Waals surface area contributed by atoms with E-state index in [2.05, 4.69) is 51.1 Å². The lowest BCUT2D eigenvalue weighted by molar-refractivity contribution is 0.462. The van der Waals surface area contributed by atoms with E-state index < -0.39 is 0 Å². The van der Waals surface area contributed by atoms with Gasteiger partial charge in [-0.05, 0) is 74.5 Å². The summed E-state index contributed by atoms with van der Waals surface area (Å²) in [5, 5.41) is 18.5. The first-order valence-corrected chi connectivity index (χ1v) is 12.3. The van der Waals surface area contributed by atoms with E-state index in [1.807, 2.05) is 10.6 Å². The maximum Gasteiger partial charge on any atom is 0.269 e. The van der Waals surface area contributed by atoms with Gasteiger partial charge >= 0.3 is 0 Å². The average molecular weight is 453 g/mol. The second kappa shape index (κ2) is 8.62. The molecule has 1 aliphatic heterocycles. The van der Waals surface area contributed by atoms with Gasteiger partial charge < -0.3 is 20.2 Å². The van der Waals surface area contributed by atoms with Gasteiger partial charge in [-0.15, -0.1) is 0 Å². The van der Waals surface area contributed by atoms with Crippen molar-refractivity contribution in [3.63, 3.8) is 0 Å². The van der Waals surface area contributed by atoms with Crippen molar-refractivity contribution in [2.45, 2.75) is 50.5 Å². The average Bonchev–Trinajstić information content (AvgIpc) is 3.54. The molecule has 4 aromatic rings. The van der Waals surface area contributed by atoms with Gasteiger partial charge in [-0.25, -0.2) is 4.98 Å². The van der Waals surface area contributed by atoms with Gasteiger partial charge in [0.1, 0.15) is 17.5 Å². The van der Waals surface area contributed by atoms with Crippen molar-refractivity contribution in [1.82, 2.24) is 19.9 Å². The molecule has 172 valence electrons. The molecule has 34 heavy (non-hydrogen) atoms.